The van der Waals surface area contributed by atoms with E-state index in [1.807, 2.05) is 22.7 Å². The Balaban J connectivity index is 1.03. The number of hydrogen-bond acceptors (Lipinski definition) is 5. The van der Waals surface area contributed by atoms with Crippen molar-refractivity contribution in [1.29, 1.82) is 0 Å². The van der Waals surface area contributed by atoms with Crippen LogP contribution in [0, 0.1) is 23.7 Å². The Kier molecular flexibility index (Phi) is 6.49. The molecule has 58 heavy (non-hydrogen) atoms. The maximum absolute atomic E-state index is 5.48. The third-order valence-electron chi connectivity index (χ3n) is 14.7. The van der Waals surface area contributed by atoms with Crippen molar-refractivity contribution in [3.05, 3.63) is 151 Å². The maximum atomic E-state index is 5.48. The SMILES string of the molecule is c1ccc2c3c(ccc2c1)-c1ccc(-c2nc(-c4cccc5c4sc4ccccc45)nc(-c4cccc5c4sc4ccccc45)n2)cc1C31C2CC3CC(C2)CC1C3. The average molecular weight is 780 g/mol. The molecule has 3 nitrogen and oxygen atoms in total. The molecule has 0 aliphatic heterocycles. The quantitative estimate of drug-likeness (QED) is 0.179. The molecule has 0 atom stereocenters. The van der Waals surface area contributed by atoms with Crippen molar-refractivity contribution < 1.29 is 0 Å². The van der Waals surface area contributed by atoms with Crippen molar-refractivity contribution in [3.8, 4) is 45.3 Å². The predicted molar refractivity (Wildman–Crippen MR) is 243 cm³/mol. The first-order chi connectivity index (χ1) is 28.7. The van der Waals surface area contributed by atoms with E-state index in [2.05, 4.69) is 140 Å². The molecule has 3 heterocycles. The van der Waals surface area contributed by atoms with Crippen LogP contribution in [0.2, 0.25) is 0 Å². The molecular formula is C53H37N3S2. The van der Waals surface area contributed by atoms with E-state index in [-0.39, 0.29) is 5.41 Å². The molecular weight excluding hydrogens is 743 g/mol. The van der Waals surface area contributed by atoms with E-state index < -0.39 is 0 Å². The second-order valence-corrected chi connectivity index (χ2v) is 19.6. The minimum absolute atomic E-state index is 0.0129. The largest absolute Gasteiger partial charge is 0.208 e. The summed E-state index contributed by atoms with van der Waals surface area (Å²) in [5.41, 5.74) is 9.20. The van der Waals surface area contributed by atoms with Gasteiger partial charge in [0.25, 0.3) is 0 Å². The van der Waals surface area contributed by atoms with Crippen molar-refractivity contribution in [1.82, 2.24) is 15.0 Å². The van der Waals surface area contributed by atoms with E-state index in [1.165, 1.54) is 99.9 Å². The van der Waals surface area contributed by atoms with Gasteiger partial charge in [0, 0.05) is 62.4 Å². The fourth-order valence-corrected chi connectivity index (χ4v) is 15.1. The Morgan fingerprint density at radius 1 is 0.431 bits per heavy atom. The number of thiophene rings is 2. The molecule has 10 aromatic rings. The van der Waals surface area contributed by atoms with E-state index in [4.69, 9.17) is 15.0 Å². The van der Waals surface area contributed by atoms with Gasteiger partial charge in [0.1, 0.15) is 0 Å². The summed E-state index contributed by atoms with van der Waals surface area (Å²) in [5.74, 6) is 5.28. The average Bonchev–Trinajstić information content (AvgIpc) is 3.94. The van der Waals surface area contributed by atoms with Gasteiger partial charge >= 0.3 is 0 Å². The lowest BCUT2D eigenvalue weighted by Crippen LogP contribution is -2.55. The number of hydrogen-bond donors (Lipinski definition) is 0. The first kappa shape index (κ1) is 32.2. The van der Waals surface area contributed by atoms with Crippen LogP contribution in [0.15, 0.2) is 140 Å². The van der Waals surface area contributed by atoms with Gasteiger partial charge < -0.3 is 0 Å². The lowest BCUT2D eigenvalue weighted by Gasteiger charge is -2.61. The molecule has 4 fully saturated rings. The number of rotatable bonds is 3. The summed E-state index contributed by atoms with van der Waals surface area (Å²) in [7, 11) is 0. The Morgan fingerprint density at radius 3 is 1.60 bits per heavy atom. The molecule has 15 rings (SSSR count). The standard InChI is InChI=1S/C53H37N3S2/c1-2-10-35-31(9-1)19-22-39-36-21-20-32(28-44(36)53(47(35)39)33-24-29-23-30(26-33)27-34(53)25-29)50-54-51(42-15-7-13-40-37-11-3-5-17-45(37)57-48(40)42)56-52(55-50)43-16-8-14-41-38-12-4-6-18-46(38)58-49(41)43/h1-22,28-30,33-34H,23-27H2. The van der Waals surface area contributed by atoms with Crippen LogP contribution < -0.4 is 0 Å². The molecule has 0 radical (unpaired) electrons. The Morgan fingerprint density at radius 2 is 0.966 bits per heavy atom. The highest BCUT2D eigenvalue weighted by Gasteiger charge is 2.62. The molecule has 4 bridgehead atoms. The van der Waals surface area contributed by atoms with Crippen LogP contribution in [0.1, 0.15) is 43.2 Å². The van der Waals surface area contributed by atoms with Gasteiger partial charge in [0.15, 0.2) is 17.5 Å². The first-order valence-corrected chi connectivity index (χ1v) is 22.6. The van der Waals surface area contributed by atoms with Crippen LogP contribution in [0.5, 0.6) is 0 Å². The highest BCUT2D eigenvalue weighted by Crippen LogP contribution is 2.70. The summed E-state index contributed by atoms with van der Waals surface area (Å²) in [6.07, 6.45) is 6.82. The lowest BCUT2D eigenvalue weighted by molar-refractivity contribution is -0.0393. The van der Waals surface area contributed by atoms with Crippen LogP contribution in [0.25, 0.3) is 96.4 Å². The molecule has 4 saturated carbocycles. The summed E-state index contributed by atoms with van der Waals surface area (Å²) < 4.78 is 4.99. The molecule has 5 aliphatic carbocycles. The smallest absolute Gasteiger partial charge is 0.165 e. The number of aromatic nitrogens is 3. The highest BCUT2D eigenvalue weighted by molar-refractivity contribution is 7.26. The van der Waals surface area contributed by atoms with Gasteiger partial charge in [-0.15, -0.1) is 22.7 Å². The third kappa shape index (κ3) is 4.25. The summed E-state index contributed by atoms with van der Waals surface area (Å²) in [5, 5.41) is 7.86. The minimum Gasteiger partial charge on any atom is -0.208 e. The van der Waals surface area contributed by atoms with Crippen molar-refractivity contribution in [2.75, 3.05) is 0 Å². The Bertz CT molecular complexity index is 3230. The first-order valence-electron chi connectivity index (χ1n) is 20.9. The molecule has 1 spiro atoms. The fourth-order valence-electron chi connectivity index (χ4n) is 12.7. The summed E-state index contributed by atoms with van der Waals surface area (Å²) in [4.78, 5) is 16.4. The molecule has 7 aromatic carbocycles. The van der Waals surface area contributed by atoms with E-state index in [1.54, 1.807) is 5.56 Å². The van der Waals surface area contributed by atoms with Crippen molar-refractivity contribution >= 4 is 73.8 Å². The maximum Gasteiger partial charge on any atom is 0.165 e. The van der Waals surface area contributed by atoms with Gasteiger partial charge in [-0.05, 0) is 119 Å². The monoisotopic (exact) mass is 779 g/mol. The number of nitrogens with zero attached hydrogens (tertiary/aromatic N) is 3. The zero-order valence-corrected chi connectivity index (χ0v) is 33.4. The number of benzene rings is 7. The van der Waals surface area contributed by atoms with Gasteiger partial charge in [-0.2, -0.15) is 0 Å². The van der Waals surface area contributed by atoms with E-state index in [0.29, 0.717) is 11.8 Å². The van der Waals surface area contributed by atoms with Crippen LogP contribution in [-0.2, 0) is 5.41 Å². The Hall–Kier alpha value is -5.75. The molecule has 0 saturated heterocycles. The summed E-state index contributed by atoms with van der Waals surface area (Å²) >= 11 is 3.66. The van der Waals surface area contributed by atoms with Crippen molar-refractivity contribution in [2.24, 2.45) is 23.7 Å². The van der Waals surface area contributed by atoms with Gasteiger partial charge in [0.2, 0.25) is 0 Å². The van der Waals surface area contributed by atoms with Crippen molar-refractivity contribution in [2.45, 2.75) is 37.5 Å². The van der Waals surface area contributed by atoms with E-state index in [9.17, 15) is 0 Å². The van der Waals surface area contributed by atoms with Crippen LogP contribution in [0.3, 0.4) is 0 Å². The van der Waals surface area contributed by atoms with Crippen LogP contribution in [-0.4, -0.2) is 15.0 Å². The molecule has 3 aromatic heterocycles. The van der Waals surface area contributed by atoms with E-state index in [0.717, 1.165) is 46.0 Å². The molecule has 276 valence electrons. The number of fused-ring (bicyclic) bond motifs is 11. The Labute approximate surface area is 344 Å². The third-order valence-corrected chi connectivity index (χ3v) is 17.1. The van der Waals surface area contributed by atoms with E-state index >= 15 is 0 Å². The molecule has 5 heteroatoms. The van der Waals surface area contributed by atoms with Gasteiger partial charge in [-0.1, -0.05) is 109 Å². The second kappa shape index (κ2) is 11.7. The zero-order chi connectivity index (χ0) is 37.7. The van der Waals surface area contributed by atoms with Gasteiger partial charge in [-0.25, -0.2) is 15.0 Å². The fraction of sp³-hybridized carbons (Fsp3) is 0.189. The minimum atomic E-state index is 0.0129. The lowest BCUT2D eigenvalue weighted by atomic mass is 9.43. The van der Waals surface area contributed by atoms with Crippen LogP contribution in [0.4, 0.5) is 0 Å². The van der Waals surface area contributed by atoms with Crippen LogP contribution >= 0.6 is 22.7 Å². The highest BCUT2D eigenvalue weighted by atomic mass is 32.1. The molecule has 0 unspecified atom stereocenters. The molecule has 5 aliphatic rings. The second-order valence-electron chi connectivity index (χ2n) is 17.5. The summed E-state index contributed by atoms with van der Waals surface area (Å²) in [6.45, 7) is 0. The van der Waals surface area contributed by atoms with Gasteiger partial charge in [0.05, 0.1) is 0 Å². The zero-order valence-electron chi connectivity index (χ0n) is 31.8. The normalized spacial score (nSPS) is 22.9. The predicted octanol–water partition coefficient (Wildman–Crippen LogP) is 14.5. The molecule has 0 amide bonds. The molecule has 0 N–H and O–H groups in total. The van der Waals surface area contributed by atoms with Crippen molar-refractivity contribution in [3.63, 3.8) is 0 Å². The topological polar surface area (TPSA) is 38.7 Å². The van der Waals surface area contributed by atoms with Gasteiger partial charge in [-0.3, -0.25) is 0 Å². The summed E-state index contributed by atoms with van der Waals surface area (Å²) in [6, 6.07) is 51.9.